The molecule has 362 valence electrons. The van der Waals surface area contributed by atoms with Crippen molar-refractivity contribution in [3.05, 3.63) is 42.0 Å². The summed E-state index contributed by atoms with van der Waals surface area (Å²) in [6, 6.07) is 5.12. The molecule has 0 aromatic heterocycles. The molecule has 0 spiro atoms. The van der Waals surface area contributed by atoms with Gasteiger partial charge in [0.2, 0.25) is 41.9 Å². The highest BCUT2D eigenvalue weighted by Gasteiger charge is 2.42. The molecule has 2 saturated heterocycles. The van der Waals surface area contributed by atoms with Gasteiger partial charge in [-0.2, -0.15) is 0 Å². The number of benzene rings is 1. The van der Waals surface area contributed by atoms with Gasteiger partial charge in [-0.25, -0.2) is 5.48 Å². The highest BCUT2D eigenvalue weighted by Crippen LogP contribution is 2.29. The molecule has 2 aliphatic heterocycles. The number of hydrogen-bond acceptors (Lipinski definition) is 11. The summed E-state index contributed by atoms with van der Waals surface area (Å²) < 4.78 is 11.6. The van der Waals surface area contributed by atoms with Crippen LogP contribution in [0, 0.1) is 17.8 Å². The number of anilines is 1. The Balaban J connectivity index is 1.40. The van der Waals surface area contributed by atoms with Crippen LogP contribution in [-0.2, 0) is 59.3 Å². The van der Waals surface area contributed by atoms with Gasteiger partial charge >= 0.3 is 0 Å². The van der Waals surface area contributed by atoms with Crippen LogP contribution in [-0.4, -0.2) is 147 Å². The number of likely N-dealkylation sites (tertiary alicyclic amines) is 2. The molecule has 65 heavy (non-hydrogen) atoms. The summed E-state index contributed by atoms with van der Waals surface area (Å²) in [5.41, 5.74) is 3.52. The Hall–Kier alpha value is -5.40. The van der Waals surface area contributed by atoms with Crippen LogP contribution in [0.2, 0.25) is 0 Å². The van der Waals surface area contributed by atoms with Crippen LogP contribution < -0.4 is 26.7 Å². The number of likely N-dealkylation sites (N-methyl/N-ethyl adjacent to an activating group) is 1. The van der Waals surface area contributed by atoms with Gasteiger partial charge in [-0.1, -0.05) is 52.3 Å². The third-order valence-corrected chi connectivity index (χ3v) is 12.4. The first-order chi connectivity index (χ1) is 31.0. The number of carbonyl (C=O) groups is 8. The zero-order valence-corrected chi connectivity index (χ0v) is 39.4. The van der Waals surface area contributed by atoms with Gasteiger partial charge in [-0.3, -0.25) is 43.2 Å². The molecule has 2 fully saturated rings. The van der Waals surface area contributed by atoms with Crippen molar-refractivity contribution >= 4 is 53.4 Å². The quantitative estimate of drug-likeness (QED) is 0.0513. The molecule has 6 unspecified atom stereocenters. The molecule has 0 radical (unpaired) electrons. The lowest BCUT2D eigenvalue weighted by Gasteiger charge is -2.39. The van der Waals surface area contributed by atoms with Crippen LogP contribution in [0.3, 0.4) is 0 Å². The van der Waals surface area contributed by atoms with Gasteiger partial charge in [0.1, 0.15) is 6.04 Å². The van der Waals surface area contributed by atoms with Crippen molar-refractivity contribution in [3.8, 4) is 0 Å². The number of piperidine rings is 1. The lowest BCUT2D eigenvalue weighted by Crippen LogP contribution is -2.54. The predicted molar refractivity (Wildman–Crippen MR) is 242 cm³/mol. The Labute approximate surface area is 383 Å². The Kier molecular flexibility index (Phi) is 23.1. The van der Waals surface area contributed by atoms with E-state index in [2.05, 4.69) is 33.7 Å². The van der Waals surface area contributed by atoms with Gasteiger partial charge in [-0.15, -0.1) is 0 Å². The van der Waals surface area contributed by atoms with Crippen LogP contribution in [0.5, 0.6) is 0 Å². The fourth-order valence-electron chi connectivity index (χ4n) is 8.24. The number of ether oxygens (including phenoxy) is 2. The zero-order chi connectivity index (χ0) is 48.1. The lowest BCUT2D eigenvalue weighted by molar-refractivity contribution is -0.145. The van der Waals surface area contributed by atoms with Crippen LogP contribution in [0.25, 0.3) is 0 Å². The minimum atomic E-state index is -0.817. The number of hydrogen-bond donors (Lipinski definition) is 5. The number of methoxy groups -OCH3 is 2. The summed E-state index contributed by atoms with van der Waals surface area (Å²) in [5.74, 6) is -2.24. The van der Waals surface area contributed by atoms with E-state index >= 15 is 0 Å². The SMILES string of the molecule is CCC(C)C(C(CC(=O)N1CCCC1C(OC)C(C)C(=O)NC/C=C/C(=O)NOCc1ccc(NC(=O)[C@@H](C)NC(=O)CCC(=O)N2CCC(C)CC2)cc1)OC)N(C)C(=O)CNC=O. The second-order valence-corrected chi connectivity index (χ2v) is 17.1. The average molecular weight is 913 g/mol. The first kappa shape index (κ1) is 53.9. The van der Waals surface area contributed by atoms with E-state index in [-0.39, 0.29) is 80.5 Å². The fourth-order valence-corrected chi connectivity index (χ4v) is 8.24. The Morgan fingerprint density at radius 1 is 0.908 bits per heavy atom. The number of nitrogens with one attached hydrogen (secondary N) is 5. The molecule has 0 aliphatic carbocycles. The van der Waals surface area contributed by atoms with E-state index in [0.29, 0.717) is 49.6 Å². The van der Waals surface area contributed by atoms with E-state index < -0.39 is 42.0 Å². The molecule has 0 saturated carbocycles. The fraction of sp³-hybridized carbons (Fsp3) is 0.652. The molecular weight excluding hydrogens is 841 g/mol. The summed E-state index contributed by atoms with van der Waals surface area (Å²) in [4.78, 5) is 111. The van der Waals surface area contributed by atoms with Gasteiger partial charge in [0, 0.05) is 72.1 Å². The van der Waals surface area contributed by atoms with Crippen molar-refractivity contribution in [1.82, 2.24) is 36.1 Å². The number of carbonyl (C=O) groups excluding carboxylic acids is 8. The van der Waals surface area contributed by atoms with Gasteiger partial charge < -0.3 is 45.4 Å². The minimum absolute atomic E-state index is 0.00725. The molecule has 0 bridgehead atoms. The summed E-state index contributed by atoms with van der Waals surface area (Å²) in [6.45, 7) is 11.3. The number of hydroxylamine groups is 1. The Morgan fingerprint density at radius 2 is 1.60 bits per heavy atom. The second-order valence-electron chi connectivity index (χ2n) is 17.1. The van der Waals surface area contributed by atoms with Crippen LogP contribution in [0.1, 0.15) is 91.5 Å². The van der Waals surface area contributed by atoms with Crippen LogP contribution in [0.4, 0.5) is 5.69 Å². The van der Waals surface area contributed by atoms with E-state index in [1.165, 1.54) is 31.3 Å². The second kappa shape index (κ2) is 27.8. The Bertz CT molecular complexity index is 1770. The standard InChI is InChI=1S/C46H72N8O11/c1-9-31(3)43(52(6)42(60)27-47-29-55)37(63-7)26-41(59)54-23-11-12-36(54)44(64-8)32(4)45(61)48-22-10-13-39(57)51-65-28-34-14-16-35(17-15-34)50-46(62)33(5)49-38(56)18-19-40(58)53-24-20-30(2)21-25-53/h10,13-17,29-33,36-37,43-44H,9,11-12,18-28H2,1-8H3,(H,47,55)(H,48,61)(H,49,56)(H,50,62)(H,51,57)/b13-10+/t31?,32?,33-,36?,37?,43?,44?/m1/s1. The third kappa shape index (κ3) is 17.2. The van der Waals surface area contributed by atoms with E-state index in [0.717, 1.165) is 25.7 Å². The highest BCUT2D eigenvalue weighted by molar-refractivity contribution is 5.97. The van der Waals surface area contributed by atoms with Crippen molar-refractivity contribution in [2.45, 2.75) is 123 Å². The predicted octanol–water partition coefficient (Wildman–Crippen LogP) is 2.06. The topological polar surface area (TPSA) is 234 Å². The van der Waals surface area contributed by atoms with Gasteiger partial charge in [-0.05, 0) is 62.1 Å². The third-order valence-electron chi connectivity index (χ3n) is 12.4. The average Bonchev–Trinajstić information content (AvgIpc) is 3.79. The minimum Gasteiger partial charge on any atom is -0.379 e. The number of rotatable bonds is 26. The van der Waals surface area contributed by atoms with Crippen LogP contribution >= 0.6 is 0 Å². The van der Waals surface area contributed by atoms with Crippen LogP contribution in [0.15, 0.2) is 36.4 Å². The van der Waals surface area contributed by atoms with E-state index in [9.17, 15) is 38.4 Å². The zero-order valence-electron chi connectivity index (χ0n) is 39.4. The molecule has 3 rings (SSSR count). The van der Waals surface area contributed by atoms with Crippen molar-refractivity contribution in [2.24, 2.45) is 17.8 Å². The molecule has 19 nitrogen and oxygen atoms in total. The van der Waals surface area contributed by atoms with Gasteiger partial charge in [0.15, 0.2) is 0 Å². The maximum absolute atomic E-state index is 13.8. The van der Waals surface area contributed by atoms with Gasteiger partial charge in [0.25, 0.3) is 5.91 Å². The van der Waals surface area contributed by atoms with Gasteiger partial charge in [0.05, 0.1) is 49.8 Å². The molecule has 19 heteroatoms. The first-order valence-corrected chi connectivity index (χ1v) is 22.7. The maximum atomic E-state index is 13.8. The molecule has 8 amide bonds. The van der Waals surface area contributed by atoms with Crippen molar-refractivity contribution < 1.29 is 52.7 Å². The Morgan fingerprint density at radius 3 is 2.23 bits per heavy atom. The molecule has 1 aromatic rings. The summed E-state index contributed by atoms with van der Waals surface area (Å²) in [5, 5.41) is 10.6. The van der Waals surface area contributed by atoms with Crippen molar-refractivity contribution in [1.29, 1.82) is 0 Å². The lowest BCUT2D eigenvalue weighted by atomic mass is 9.90. The molecule has 2 heterocycles. The molecule has 5 N–H and O–H groups in total. The number of amides is 8. The largest absolute Gasteiger partial charge is 0.379 e. The summed E-state index contributed by atoms with van der Waals surface area (Å²) in [6.07, 6.45) is 6.07. The van der Waals surface area contributed by atoms with E-state index in [1.807, 2.05) is 13.8 Å². The summed E-state index contributed by atoms with van der Waals surface area (Å²) >= 11 is 0. The normalized spacial score (nSPS) is 18.1. The maximum Gasteiger partial charge on any atom is 0.267 e. The van der Waals surface area contributed by atoms with E-state index in [1.54, 1.807) is 55.0 Å². The molecule has 2 aliphatic rings. The molecule has 7 atom stereocenters. The number of nitrogens with zero attached hydrogens (tertiary/aromatic N) is 3. The summed E-state index contributed by atoms with van der Waals surface area (Å²) in [7, 11) is 4.66. The van der Waals surface area contributed by atoms with E-state index in [4.69, 9.17) is 14.3 Å². The van der Waals surface area contributed by atoms with Crippen molar-refractivity contribution in [2.75, 3.05) is 59.3 Å². The highest BCUT2D eigenvalue weighted by atomic mass is 16.6. The van der Waals surface area contributed by atoms with Crippen molar-refractivity contribution in [3.63, 3.8) is 0 Å². The molecule has 1 aromatic carbocycles. The molecular formula is C46H72N8O11. The first-order valence-electron chi connectivity index (χ1n) is 22.7. The smallest absolute Gasteiger partial charge is 0.267 e. The monoisotopic (exact) mass is 913 g/mol.